The first-order chi connectivity index (χ1) is 8.70. The van der Waals surface area contributed by atoms with Gasteiger partial charge in [-0.2, -0.15) is 0 Å². The van der Waals surface area contributed by atoms with Crippen LogP contribution >= 0.6 is 11.6 Å². The van der Waals surface area contributed by atoms with Gasteiger partial charge in [-0.15, -0.1) is 0 Å². The van der Waals surface area contributed by atoms with E-state index in [1.54, 1.807) is 0 Å². The molecule has 0 amide bonds. The van der Waals surface area contributed by atoms with Crippen molar-refractivity contribution in [2.24, 2.45) is 0 Å². The van der Waals surface area contributed by atoms with Crippen LogP contribution in [0.15, 0.2) is 48.5 Å². The van der Waals surface area contributed by atoms with Gasteiger partial charge in [-0.3, -0.25) is 0 Å². The van der Waals surface area contributed by atoms with Crippen LogP contribution in [0.4, 0.5) is 0 Å². The molecule has 18 heavy (non-hydrogen) atoms. The van der Waals surface area contributed by atoms with Crippen molar-refractivity contribution < 1.29 is 0 Å². The smallest absolute Gasteiger partial charge is 0.0435 e. The van der Waals surface area contributed by atoms with Crippen LogP contribution in [0, 0.1) is 6.92 Å². The minimum Gasteiger partial charge on any atom is -0.313 e. The number of halogens is 1. The number of nitrogens with one attached hydrogen (secondary N) is 1. The summed E-state index contributed by atoms with van der Waals surface area (Å²) in [5.41, 5.74) is 3.75. The van der Waals surface area contributed by atoms with E-state index >= 15 is 0 Å². The van der Waals surface area contributed by atoms with Gasteiger partial charge in [0.25, 0.3) is 0 Å². The third kappa shape index (κ3) is 3.12. The lowest BCUT2D eigenvalue weighted by Gasteiger charge is -2.17. The van der Waals surface area contributed by atoms with E-state index < -0.39 is 0 Å². The first kappa shape index (κ1) is 13.1. The second-order valence-electron chi connectivity index (χ2n) is 4.54. The zero-order valence-corrected chi connectivity index (χ0v) is 11.5. The molecule has 0 bridgehead atoms. The largest absolute Gasteiger partial charge is 0.313 e. The van der Waals surface area contributed by atoms with Gasteiger partial charge in [-0.25, -0.2) is 0 Å². The van der Waals surface area contributed by atoms with Gasteiger partial charge in [-0.1, -0.05) is 54.1 Å². The predicted octanol–water partition coefficient (Wildman–Crippen LogP) is 4.15. The number of hydrogen-bond donors (Lipinski definition) is 1. The Morgan fingerprint density at radius 1 is 1.11 bits per heavy atom. The van der Waals surface area contributed by atoms with Gasteiger partial charge in [0, 0.05) is 11.1 Å². The Morgan fingerprint density at radius 2 is 1.83 bits per heavy atom. The monoisotopic (exact) mass is 259 g/mol. The molecular formula is C16H18ClN. The molecule has 2 aromatic carbocycles. The molecule has 0 aliphatic rings. The molecule has 1 unspecified atom stereocenters. The van der Waals surface area contributed by atoms with Crippen molar-refractivity contribution in [1.82, 2.24) is 5.32 Å². The molecule has 0 saturated heterocycles. The van der Waals surface area contributed by atoms with Crippen LogP contribution in [0.3, 0.4) is 0 Å². The summed E-state index contributed by atoms with van der Waals surface area (Å²) in [6.45, 7) is 2.04. The van der Waals surface area contributed by atoms with Gasteiger partial charge in [0.15, 0.2) is 0 Å². The average Bonchev–Trinajstić information content (AvgIpc) is 2.40. The highest BCUT2D eigenvalue weighted by Gasteiger charge is 2.10. The van der Waals surface area contributed by atoms with E-state index in [9.17, 15) is 0 Å². The molecule has 0 heterocycles. The number of hydrogen-bond acceptors (Lipinski definition) is 1. The molecule has 94 valence electrons. The van der Waals surface area contributed by atoms with E-state index in [-0.39, 0.29) is 0 Å². The third-order valence-electron chi connectivity index (χ3n) is 3.22. The fraction of sp³-hybridized carbons (Fsp3) is 0.250. The summed E-state index contributed by atoms with van der Waals surface area (Å²) in [5, 5.41) is 4.20. The van der Waals surface area contributed by atoms with Crippen LogP contribution in [0.25, 0.3) is 0 Å². The summed E-state index contributed by atoms with van der Waals surface area (Å²) in [6.07, 6.45) is 0.985. The summed E-state index contributed by atoms with van der Waals surface area (Å²) in [6, 6.07) is 17.1. The Bertz CT molecular complexity index is 508. The van der Waals surface area contributed by atoms with Crippen molar-refractivity contribution in [3.8, 4) is 0 Å². The van der Waals surface area contributed by atoms with Crippen molar-refractivity contribution >= 4 is 11.6 Å². The van der Waals surface area contributed by atoms with E-state index in [4.69, 9.17) is 11.6 Å². The van der Waals surface area contributed by atoms with Gasteiger partial charge in [0.05, 0.1) is 0 Å². The Labute approximate surface area is 114 Å². The fourth-order valence-corrected chi connectivity index (χ4v) is 2.24. The Hall–Kier alpha value is -1.31. The molecule has 1 nitrogen and oxygen atoms in total. The minimum absolute atomic E-state index is 0.323. The molecule has 1 atom stereocenters. The third-order valence-corrected chi connectivity index (χ3v) is 3.64. The lowest BCUT2D eigenvalue weighted by molar-refractivity contribution is 0.592. The van der Waals surface area contributed by atoms with Crippen LogP contribution in [-0.2, 0) is 6.42 Å². The van der Waals surface area contributed by atoms with Crippen molar-refractivity contribution in [2.75, 3.05) is 7.05 Å². The quantitative estimate of drug-likeness (QED) is 0.870. The van der Waals surface area contributed by atoms with E-state index in [0.29, 0.717) is 6.04 Å². The molecule has 0 fully saturated rings. The first-order valence-corrected chi connectivity index (χ1v) is 6.55. The molecule has 2 heteroatoms. The maximum Gasteiger partial charge on any atom is 0.0435 e. The maximum atomic E-state index is 6.07. The summed E-state index contributed by atoms with van der Waals surface area (Å²) in [4.78, 5) is 0. The molecule has 0 aromatic heterocycles. The van der Waals surface area contributed by atoms with Gasteiger partial charge >= 0.3 is 0 Å². The summed E-state index contributed by atoms with van der Waals surface area (Å²) in [5.74, 6) is 0. The van der Waals surface area contributed by atoms with Crippen molar-refractivity contribution in [3.05, 3.63) is 70.2 Å². The van der Waals surface area contributed by atoms with E-state index in [1.165, 1.54) is 11.1 Å². The van der Waals surface area contributed by atoms with E-state index in [1.807, 2.05) is 26.1 Å². The van der Waals surface area contributed by atoms with Crippen molar-refractivity contribution in [2.45, 2.75) is 19.4 Å². The SMILES string of the molecule is CNC(Cc1ccccc1)c1ccc(Cl)c(C)c1. The van der Waals surface area contributed by atoms with E-state index in [2.05, 4.69) is 41.7 Å². The summed E-state index contributed by atoms with van der Waals surface area (Å²) >= 11 is 6.07. The second kappa shape index (κ2) is 6.03. The van der Waals surface area contributed by atoms with Gasteiger partial charge in [0.2, 0.25) is 0 Å². The van der Waals surface area contributed by atoms with Gasteiger partial charge < -0.3 is 5.32 Å². The highest BCUT2D eigenvalue weighted by Crippen LogP contribution is 2.23. The minimum atomic E-state index is 0.323. The van der Waals surface area contributed by atoms with E-state index in [0.717, 1.165) is 17.0 Å². The molecule has 1 N–H and O–H groups in total. The molecule has 0 aliphatic heterocycles. The van der Waals surface area contributed by atoms with Crippen LogP contribution in [0.2, 0.25) is 5.02 Å². The van der Waals surface area contributed by atoms with Crippen LogP contribution < -0.4 is 5.32 Å². The lowest BCUT2D eigenvalue weighted by atomic mass is 9.98. The van der Waals surface area contributed by atoms with Crippen LogP contribution in [-0.4, -0.2) is 7.05 Å². The standard InChI is InChI=1S/C16H18ClN/c1-12-10-14(8-9-15(12)17)16(18-2)11-13-6-4-3-5-7-13/h3-10,16,18H,11H2,1-2H3. The normalized spacial score (nSPS) is 12.4. The number of benzene rings is 2. The number of likely N-dealkylation sites (N-methyl/N-ethyl adjacent to an activating group) is 1. The maximum absolute atomic E-state index is 6.07. The summed E-state index contributed by atoms with van der Waals surface area (Å²) < 4.78 is 0. The van der Waals surface area contributed by atoms with Crippen molar-refractivity contribution in [1.29, 1.82) is 0 Å². The molecule has 0 saturated carbocycles. The average molecular weight is 260 g/mol. The van der Waals surface area contributed by atoms with Gasteiger partial charge in [0.1, 0.15) is 0 Å². The molecule has 0 radical (unpaired) electrons. The number of rotatable bonds is 4. The predicted molar refractivity (Wildman–Crippen MR) is 78.1 cm³/mol. The zero-order chi connectivity index (χ0) is 13.0. The highest BCUT2D eigenvalue weighted by atomic mass is 35.5. The molecule has 2 rings (SSSR count). The summed E-state index contributed by atoms with van der Waals surface area (Å²) in [7, 11) is 2.00. The topological polar surface area (TPSA) is 12.0 Å². The van der Waals surface area contributed by atoms with Crippen LogP contribution in [0.1, 0.15) is 22.7 Å². The second-order valence-corrected chi connectivity index (χ2v) is 4.95. The van der Waals surface area contributed by atoms with Crippen molar-refractivity contribution in [3.63, 3.8) is 0 Å². The Morgan fingerprint density at radius 3 is 2.44 bits per heavy atom. The molecule has 0 aliphatic carbocycles. The van der Waals surface area contributed by atoms with Gasteiger partial charge in [-0.05, 0) is 43.1 Å². The number of aryl methyl sites for hydroxylation is 1. The first-order valence-electron chi connectivity index (χ1n) is 6.18. The molecule has 2 aromatic rings. The lowest BCUT2D eigenvalue weighted by Crippen LogP contribution is -2.18. The Kier molecular flexibility index (Phi) is 4.40. The zero-order valence-electron chi connectivity index (χ0n) is 10.8. The Balaban J connectivity index is 2.20. The highest BCUT2D eigenvalue weighted by molar-refractivity contribution is 6.31. The molecular weight excluding hydrogens is 242 g/mol. The molecule has 0 spiro atoms. The van der Waals surface area contributed by atoms with Crippen LogP contribution in [0.5, 0.6) is 0 Å². The fourth-order valence-electron chi connectivity index (χ4n) is 2.12.